The number of ether oxygens (including phenoxy) is 1. The summed E-state index contributed by atoms with van der Waals surface area (Å²) in [7, 11) is 3.84. The van der Waals surface area contributed by atoms with E-state index < -0.39 is 0 Å². The topological polar surface area (TPSA) is 102 Å². The van der Waals surface area contributed by atoms with Crippen LogP contribution in [-0.2, 0) is 16.0 Å². The van der Waals surface area contributed by atoms with Crippen molar-refractivity contribution in [3.63, 3.8) is 0 Å². The molecule has 1 amide bonds. The Hall–Kier alpha value is -3.10. The second-order valence-electron chi connectivity index (χ2n) is 7.11. The Kier molecular flexibility index (Phi) is 7.26. The molecule has 0 spiro atoms. The van der Waals surface area contributed by atoms with E-state index in [-0.39, 0.29) is 32.0 Å². The number of hydrogen-bond donors (Lipinski definition) is 3. The van der Waals surface area contributed by atoms with Gasteiger partial charge in [-0.3, -0.25) is 15.6 Å². The second-order valence-corrected chi connectivity index (χ2v) is 8.23. The first-order valence-corrected chi connectivity index (χ1v) is 10.4. The fourth-order valence-corrected chi connectivity index (χ4v) is 3.85. The van der Waals surface area contributed by atoms with E-state index >= 15 is 0 Å². The summed E-state index contributed by atoms with van der Waals surface area (Å²) >= 11 is 1.50. The van der Waals surface area contributed by atoms with Gasteiger partial charge >= 0.3 is 0 Å². The van der Waals surface area contributed by atoms with Crippen LogP contribution < -0.4 is 5.32 Å². The van der Waals surface area contributed by atoms with E-state index in [0.717, 1.165) is 32.9 Å². The number of benzene rings is 2. The molecule has 8 heteroatoms. The molecule has 0 aliphatic heterocycles. The molecule has 1 heterocycles. The Labute approximate surface area is 181 Å². The van der Waals surface area contributed by atoms with Crippen LogP contribution in [0.5, 0.6) is 0 Å². The summed E-state index contributed by atoms with van der Waals surface area (Å²) in [6.45, 7) is 1.23. The van der Waals surface area contributed by atoms with E-state index in [1.165, 1.54) is 11.3 Å². The SMILES string of the molecule is CN(C)CCNC(=O)CC(=N)OC(=N)Cc1nc2ccc(-c3ccccc3)cc2s1.[HH]. The fourth-order valence-electron chi connectivity index (χ4n) is 2.84. The number of likely N-dealkylation sites (N-methyl/N-ethyl adjacent to an activating group) is 1. The average Bonchev–Trinajstić information content (AvgIpc) is 3.09. The maximum Gasteiger partial charge on any atom is 0.229 e. The molecule has 0 bridgehead atoms. The van der Waals surface area contributed by atoms with E-state index in [1.807, 2.05) is 49.3 Å². The normalized spacial score (nSPS) is 10.9. The highest BCUT2D eigenvalue weighted by Crippen LogP contribution is 2.28. The molecule has 3 aromatic rings. The molecular weight excluding hydrogens is 398 g/mol. The number of amides is 1. The smallest absolute Gasteiger partial charge is 0.229 e. The molecule has 0 radical (unpaired) electrons. The first-order chi connectivity index (χ1) is 14.4. The van der Waals surface area contributed by atoms with Crippen molar-refractivity contribution in [3.8, 4) is 11.1 Å². The molecule has 0 fully saturated rings. The molecule has 1 aromatic heterocycles. The van der Waals surface area contributed by atoms with Gasteiger partial charge in [-0.25, -0.2) is 4.98 Å². The van der Waals surface area contributed by atoms with E-state index in [9.17, 15) is 4.79 Å². The molecule has 30 heavy (non-hydrogen) atoms. The number of fused-ring (bicyclic) bond motifs is 1. The number of carbonyl (C=O) groups is 1. The number of nitrogens with one attached hydrogen (secondary N) is 3. The van der Waals surface area contributed by atoms with Gasteiger partial charge in [0.15, 0.2) is 11.8 Å². The number of hydrogen-bond acceptors (Lipinski definition) is 7. The van der Waals surface area contributed by atoms with Gasteiger partial charge in [0.1, 0.15) is 11.4 Å². The fraction of sp³-hybridized carbons (Fsp3) is 0.273. The molecule has 0 unspecified atom stereocenters. The van der Waals surface area contributed by atoms with Crippen molar-refractivity contribution in [3.05, 3.63) is 53.5 Å². The lowest BCUT2D eigenvalue weighted by molar-refractivity contribution is -0.120. The van der Waals surface area contributed by atoms with Crippen molar-refractivity contribution in [1.29, 1.82) is 10.8 Å². The van der Waals surface area contributed by atoms with Crippen molar-refractivity contribution >= 4 is 39.3 Å². The summed E-state index contributed by atoms with van der Waals surface area (Å²) in [4.78, 5) is 18.3. The lowest BCUT2D eigenvalue weighted by Gasteiger charge is -2.11. The van der Waals surface area contributed by atoms with Crippen molar-refractivity contribution in [2.75, 3.05) is 27.2 Å². The average molecular weight is 426 g/mol. The van der Waals surface area contributed by atoms with Gasteiger partial charge in [0.25, 0.3) is 0 Å². The van der Waals surface area contributed by atoms with Crippen LogP contribution in [0.4, 0.5) is 0 Å². The van der Waals surface area contributed by atoms with Crippen molar-refractivity contribution in [2.24, 2.45) is 0 Å². The monoisotopic (exact) mass is 425 g/mol. The first-order valence-electron chi connectivity index (χ1n) is 9.59. The third kappa shape index (κ3) is 6.20. The van der Waals surface area contributed by atoms with E-state index in [4.69, 9.17) is 15.6 Å². The number of aromatic nitrogens is 1. The summed E-state index contributed by atoms with van der Waals surface area (Å²) in [6.07, 6.45) is 0.000728. The Balaban J connectivity index is 0.00000341. The summed E-state index contributed by atoms with van der Waals surface area (Å²) < 4.78 is 6.24. The molecule has 0 saturated heterocycles. The van der Waals surface area contributed by atoms with E-state index in [0.29, 0.717) is 6.54 Å². The third-order valence-electron chi connectivity index (χ3n) is 4.30. The summed E-state index contributed by atoms with van der Waals surface area (Å²) in [6, 6.07) is 16.2. The highest BCUT2D eigenvalue weighted by Gasteiger charge is 2.13. The van der Waals surface area contributed by atoms with Crippen molar-refractivity contribution in [2.45, 2.75) is 12.8 Å². The van der Waals surface area contributed by atoms with E-state index in [1.54, 1.807) is 0 Å². The van der Waals surface area contributed by atoms with Crippen LogP contribution in [0.15, 0.2) is 48.5 Å². The maximum absolute atomic E-state index is 11.8. The Morgan fingerprint density at radius 1 is 1.13 bits per heavy atom. The van der Waals surface area contributed by atoms with E-state index in [2.05, 4.69) is 28.5 Å². The summed E-state index contributed by atoms with van der Waals surface area (Å²) in [5.41, 5.74) is 3.13. The predicted molar refractivity (Wildman–Crippen MR) is 124 cm³/mol. The molecule has 0 aliphatic rings. The lowest BCUT2D eigenvalue weighted by atomic mass is 10.1. The first kappa shape index (κ1) is 21.6. The molecule has 2 aromatic carbocycles. The van der Waals surface area contributed by atoms with Gasteiger partial charge in [0.2, 0.25) is 5.91 Å². The lowest BCUT2D eigenvalue weighted by Crippen LogP contribution is -2.33. The quantitative estimate of drug-likeness (QED) is 0.377. The molecule has 3 N–H and O–H groups in total. The van der Waals surface area contributed by atoms with Crippen LogP contribution in [0.2, 0.25) is 0 Å². The third-order valence-corrected chi connectivity index (χ3v) is 5.32. The van der Waals surface area contributed by atoms with Gasteiger partial charge in [-0.15, -0.1) is 11.3 Å². The zero-order valence-electron chi connectivity index (χ0n) is 17.1. The van der Waals surface area contributed by atoms with Crippen LogP contribution in [0, 0.1) is 10.8 Å². The van der Waals surface area contributed by atoms with Crippen LogP contribution in [0.3, 0.4) is 0 Å². The van der Waals surface area contributed by atoms with Crippen molar-refractivity contribution in [1.82, 2.24) is 15.2 Å². The molecule has 0 saturated carbocycles. The van der Waals surface area contributed by atoms with Crippen molar-refractivity contribution < 1.29 is 11.0 Å². The van der Waals surface area contributed by atoms with Gasteiger partial charge in [-0.05, 0) is 37.4 Å². The van der Waals surface area contributed by atoms with Crippen LogP contribution in [-0.4, -0.2) is 54.8 Å². The number of rotatable bonds is 8. The Morgan fingerprint density at radius 2 is 1.90 bits per heavy atom. The Bertz CT molecular complexity index is 1050. The largest absolute Gasteiger partial charge is 0.429 e. The zero-order chi connectivity index (χ0) is 21.5. The summed E-state index contributed by atoms with van der Waals surface area (Å²) in [5, 5.41) is 19.3. The predicted octanol–water partition coefficient (Wildman–Crippen LogP) is 3.79. The number of carbonyl (C=O) groups excluding carboxylic acids is 1. The standard InChI is InChI=1S/C22H25N5O2S.H2/c1-27(2)11-10-25-21(28)13-19(23)29-20(24)14-22-26-17-9-8-16(12-18(17)30-22)15-6-4-3-5-7-15;/h3-9,12,23-24H,10-11,13-14H2,1-2H3,(H,25,28);1H. The highest BCUT2D eigenvalue weighted by atomic mass is 32.1. The molecule has 0 aliphatic carbocycles. The molecule has 3 rings (SSSR count). The number of nitrogens with zero attached hydrogens (tertiary/aromatic N) is 2. The van der Waals surface area contributed by atoms with Gasteiger partial charge in [-0.2, -0.15) is 0 Å². The minimum Gasteiger partial charge on any atom is -0.429 e. The minimum absolute atomic E-state index is 0. The van der Waals surface area contributed by atoms with Crippen LogP contribution in [0.25, 0.3) is 21.3 Å². The van der Waals surface area contributed by atoms with Gasteiger partial charge in [0, 0.05) is 14.5 Å². The molecule has 158 valence electrons. The molecular formula is C22H27N5O2S. The van der Waals surface area contributed by atoms with Crippen LogP contribution >= 0.6 is 11.3 Å². The van der Waals surface area contributed by atoms with Gasteiger partial charge < -0.3 is 15.0 Å². The molecule has 0 atom stereocenters. The van der Waals surface area contributed by atoms with Crippen LogP contribution in [0.1, 0.15) is 12.9 Å². The maximum atomic E-state index is 11.8. The Morgan fingerprint density at radius 3 is 2.63 bits per heavy atom. The summed E-state index contributed by atoms with van der Waals surface area (Å²) in [5.74, 6) is -0.624. The minimum atomic E-state index is -0.289. The molecule has 7 nitrogen and oxygen atoms in total. The highest BCUT2D eigenvalue weighted by molar-refractivity contribution is 7.18. The van der Waals surface area contributed by atoms with Gasteiger partial charge in [0.05, 0.1) is 16.6 Å². The number of thiazole rings is 1. The second kappa shape index (κ2) is 10.1. The zero-order valence-corrected chi connectivity index (χ0v) is 17.9. The van der Waals surface area contributed by atoms with Gasteiger partial charge in [-0.1, -0.05) is 36.4 Å².